The van der Waals surface area contributed by atoms with Crippen molar-refractivity contribution in [1.29, 1.82) is 0 Å². The van der Waals surface area contributed by atoms with Crippen LogP contribution >= 0.6 is 0 Å². The monoisotopic (exact) mass is 208 g/mol. The fourth-order valence-electron chi connectivity index (χ4n) is 1.74. The quantitative estimate of drug-likeness (QED) is 0.778. The summed E-state index contributed by atoms with van der Waals surface area (Å²) < 4.78 is 5.27. The summed E-state index contributed by atoms with van der Waals surface area (Å²) in [5.74, 6) is 0. The Morgan fingerprint density at radius 3 is 2.47 bits per heavy atom. The molecule has 1 rings (SSSR count). The minimum absolute atomic E-state index is 0.0461. The SMILES string of the molecule is CCCC(OC)C(O)Cc1ccccc1. The number of hydrogen-bond acceptors (Lipinski definition) is 2. The van der Waals surface area contributed by atoms with E-state index in [9.17, 15) is 5.11 Å². The van der Waals surface area contributed by atoms with Crippen LogP contribution in [0.3, 0.4) is 0 Å². The first-order valence-corrected chi connectivity index (χ1v) is 5.52. The zero-order valence-corrected chi connectivity index (χ0v) is 9.52. The lowest BCUT2D eigenvalue weighted by Crippen LogP contribution is -2.29. The number of aliphatic hydroxyl groups is 1. The maximum Gasteiger partial charge on any atom is 0.0841 e. The van der Waals surface area contributed by atoms with E-state index in [0.29, 0.717) is 6.42 Å². The molecule has 2 atom stereocenters. The summed E-state index contributed by atoms with van der Waals surface area (Å²) in [5, 5.41) is 9.97. The van der Waals surface area contributed by atoms with Crippen molar-refractivity contribution in [3.63, 3.8) is 0 Å². The number of ether oxygens (including phenoxy) is 1. The summed E-state index contributed by atoms with van der Waals surface area (Å²) in [6.45, 7) is 2.10. The smallest absolute Gasteiger partial charge is 0.0841 e. The Kier molecular flexibility index (Phi) is 5.37. The van der Waals surface area contributed by atoms with Crippen LogP contribution in [0.5, 0.6) is 0 Å². The van der Waals surface area contributed by atoms with Crippen LogP contribution in [0.1, 0.15) is 25.3 Å². The van der Waals surface area contributed by atoms with Gasteiger partial charge >= 0.3 is 0 Å². The molecule has 0 radical (unpaired) electrons. The van der Waals surface area contributed by atoms with E-state index in [1.165, 1.54) is 0 Å². The lowest BCUT2D eigenvalue weighted by Gasteiger charge is -2.21. The molecular formula is C13H20O2. The first-order valence-electron chi connectivity index (χ1n) is 5.52. The van der Waals surface area contributed by atoms with Gasteiger partial charge in [-0.2, -0.15) is 0 Å². The zero-order chi connectivity index (χ0) is 11.1. The van der Waals surface area contributed by atoms with Crippen molar-refractivity contribution in [3.05, 3.63) is 35.9 Å². The minimum Gasteiger partial charge on any atom is -0.390 e. The molecule has 1 aromatic carbocycles. The van der Waals surface area contributed by atoms with Gasteiger partial charge in [-0.05, 0) is 12.0 Å². The van der Waals surface area contributed by atoms with Crippen LogP contribution in [0.15, 0.2) is 30.3 Å². The predicted octanol–water partition coefficient (Wildman–Crippen LogP) is 2.41. The van der Waals surface area contributed by atoms with Crippen molar-refractivity contribution in [1.82, 2.24) is 0 Å². The van der Waals surface area contributed by atoms with E-state index in [1.54, 1.807) is 7.11 Å². The highest BCUT2D eigenvalue weighted by atomic mass is 16.5. The van der Waals surface area contributed by atoms with Crippen LogP contribution in [-0.2, 0) is 11.2 Å². The highest BCUT2D eigenvalue weighted by molar-refractivity contribution is 5.15. The maximum absolute atomic E-state index is 9.97. The Hall–Kier alpha value is -0.860. The second-order valence-electron chi connectivity index (χ2n) is 3.82. The van der Waals surface area contributed by atoms with Crippen LogP contribution in [0, 0.1) is 0 Å². The summed E-state index contributed by atoms with van der Waals surface area (Å²) in [5.41, 5.74) is 1.16. The van der Waals surface area contributed by atoms with Crippen LogP contribution in [0.25, 0.3) is 0 Å². The van der Waals surface area contributed by atoms with Crippen molar-refractivity contribution < 1.29 is 9.84 Å². The van der Waals surface area contributed by atoms with E-state index in [4.69, 9.17) is 4.74 Å². The Labute approximate surface area is 91.9 Å². The van der Waals surface area contributed by atoms with Gasteiger partial charge in [-0.3, -0.25) is 0 Å². The molecule has 15 heavy (non-hydrogen) atoms. The van der Waals surface area contributed by atoms with Gasteiger partial charge in [0.15, 0.2) is 0 Å². The van der Waals surface area contributed by atoms with E-state index >= 15 is 0 Å². The largest absolute Gasteiger partial charge is 0.390 e. The second-order valence-corrected chi connectivity index (χ2v) is 3.82. The number of rotatable bonds is 6. The first-order chi connectivity index (χ1) is 7.27. The van der Waals surface area contributed by atoms with Gasteiger partial charge < -0.3 is 9.84 Å². The van der Waals surface area contributed by atoms with Gasteiger partial charge in [0.1, 0.15) is 0 Å². The molecule has 0 heterocycles. The third-order valence-electron chi connectivity index (χ3n) is 2.59. The van der Waals surface area contributed by atoms with Gasteiger partial charge in [-0.15, -0.1) is 0 Å². The van der Waals surface area contributed by atoms with E-state index in [2.05, 4.69) is 6.92 Å². The van der Waals surface area contributed by atoms with Crippen molar-refractivity contribution in [3.8, 4) is 0 Å². The molecule has 2 nitrogen and oxygen atoms in total. The van der Waals surface area contributed by atoms with E-state index in [1.807, 2.05) is 30.3 Å². The van der Waals surface area contributed by atoms with Crippen molar-refractivity contribution in [2.24, 2.45) is 0 Å². The molecule has 0 bridgehead atoms. The first kappa shape index (κ1) is 12.2. The van der Waals surface area contributed by atoms with Crippen molar-refractivity contribution in [2.45, 2.75) is 38.4 Å². The van der Waals surface area contributed by atoms with Gasteiger partial charge in [-0.1, -0.05) is 43.7 Å². The van der Waals surface area contributed by atoms with Gasteiger partial charge in [0.2, 0.25) is 0 Å². The molecule has 2 heteroatoms. The predicted molar refractivity (Wildman–Crippen MR) is 61.9 cm³/mol. The van der Waals surface area contributed by atoms with E-state index in [0.717, 1.165) is 18.4 Å². The highest BCUT2D eigenvalue weighted by Crippen LogP contribution is 2.11. The lowest BCUT2D eigenvalue weighted by atomic mass is 10.0. The van der Waals surface area contributed by atoms with Gasteiger partial charge in [0.25, 0.3) is 0 Å². The fourth-order valence-corrected chi connectivity index (χ4v) is 1.74. The summed E-state index contributed by atoms with van der Waals surface area (Å²) in [6.07, 6.45) is 2.15. The molecule has 0 fully saturated rings. The average molecular weight is 208 g/mol. The van der Waals surface area contributed by atoms with E-state index < -0.39 is 6.10 Å². The Morgan fingerprint density at radius 1 is 1.27 bits per heavy atom. The number of benzene rings is 1. The topological polar surface area (TPSA) is 29.5 Å². The number of hydrogen-bond donors (Lipinski definition) is 1. The molecule has 84 valence electrons. The van der Waals surface area contributed by atoms with Crippen LogP contribution in [-0.4, -0.2) is 24.4 Å². The third-order valence-corrected chi connectivity index (χ3v) is 2.59. The second kappa shape index (κ2) is 6.59. The minimum atomic E-state index is -0.405. The molecule has 0 aliphatic heterocycles. The Balaban J connectivity index is 2.50. The van der Waals surface area contributed by atoms with Gasteiger partial charge in [0, 0.05) is 13.5 Å². The molecule has 0 aliphatic rings. The van der Waals surface area contributed by atoms with Gasteiger partial charge in [-0.25, -0.2) is 0 Å². The summed E-state index contributed by atoms with van der Waals surface area (Å²) in [7, 11) is 1.66. The Morgan fingerprint density at radius 2 is 1.93 bits per heavy atom. The zero-order valence-electron chi connectivity index (χ0n) is 9.52. The molecule has 0 spiro atoms. The molecule has 0 saturated carbocycles. The average Bonchev–Trinajstić information content (AvgIpc) is 2.27. The van der Waals surface area contributed by atoms with Crippen LogP contribution in [0.2, 0.25) is 0 Å². The molecule has 0 amide bonds. The third kappa shape index (κ3) is 4.02. The molecule has 1 aromatic rings. The normalized spacial score (nSPS) is 14.9. The molecule has 1 N–H and O–H groups in total. The Bertz CT molecular complexity index is 258. The summed E-state index contributed by atoms with van der Waals surface area (Å²) in [6, 6.07) is 10.0. The maximum atomic E-state index is 9.97. The molecule has 0 aliphatic carbocycles. The fraction of sp³-hybridized carbons (Fsp3) is 0.538. The standard InChI is InChI=1S/C13H20O2/c1-3-7-13(15-2)12(14)10-11-8-5-4-6-9-11/h4-6,8-9,12-14H,3,7,10H2,1-2H3. The summed E-state index contributed by atoms with van der Waals surface area (Å²) >= 11 is 0. The number of methoxy groups -OCH3 is 1. The molecule has 2 unspecified atom stereocenters. The lowest BCUT2D eigenvalue weighted by molar-refractivity contribution is -0.0159. The number of aliphatic hydroxyl groups excluding tert-OH is 1. The van der Waals surface area contributed by atoms with Crippen LogP contribution < -0.4 is 0 Å². The molecular weight excluding hydrogens is 188 g/mol. The van der Waals surface area contributed by atoms with Gasteiger partial charge in [0.05, 0.1) is 12.2 Å². The molecule has 0 aromatic heterocycles. The van der Waals surface area contributed by atoms with Crippen LogP contribution in [0.4, 0.5) is 0 Å². The highest BCUT2D eigenvalue weighted by Gasteiger charge is 2.17. The van der Waals surface area contributed by atoms with Crippen molar-refractivity contribution in [2.75, 3.05) is 7.11 Å². The molecule has 0 saturated heterocycles. The van der Waals surface area contributed by atoms with Crippen molar-refractivity contribution >= 4 is 0 Å². The van der Waals surface area contributed by atoms with E-state index in [-0.39, 0.29) is 6.10 Å². The summed E-state index contributed by atoms with van der Waals surface area (Å²) in [4.78, 5) is 0.